The van der Waals surface area contributed by atoms with Gasteiger partial charge in [0.15, 0.2) is 9.84 Å². The Balaban J connectivity index is 2.18. The van der Waals surface area contributed by atoms with Crippen LogP contribution >= 0.6 is 0 Å². The fourth-order valence-electron chi connectivity index (χ4n) is 2.19. The maximum atomic E-state index is 11.7. The Bertz CT molecular complexity index is 658. The number of nitrogens with zero attached hydrogens (tertiary/aromatic N) is 1. The Kier molecular flexibility index (Phi) is 4.27. The minimum atomic E-state index is -2.95. The first kappa shape index (κ1) is 14.1. The predicted molar refractivity (Wildman–Crippen MR) is 76.8 cm³/mol. The van der Waals surface area contributed by atoms with Crippen LogP contribution in [0.4, 0.5) is 0 Å². The Morgan fingerprint density at radius 1 is 1.21 bits per heavy atom. The van der Waals surface area contributed by atoms with Crippen LogP contribution in [0, 0.1) is 0 Å². The lowest BCUT2D eigenvalue weighted by Crippen LogP contribution is -2.15. The Hall–Kier alpha value is -1.33. The molecule has 0 saturated heterocycles. The van der Waals surface area contributed by atoms with Crippen LogP contribution in [0.1, 0.15) is 18.9 Å². The van der Waals surface area contributed by atoms with Crippen molar-refractivity contribution in [3.05, 3.63) is 36.0 Å². The third-order valence-electron chi connectivity index (χ3n) is 3.18. The smallest absolute Gasteiger partial charge is 0.152 e. The van der Waals surface area contributed by atoms with Crippen molar-refractivity contribution >= 4 is 20.7 Å². The zero-order valence-corrected chi connectivity index (χ0v) is 11.9. The molecular weight excluding hydrogens is 262 g/mol. The lowest BCUT2D eigenvalue weighted by Gasteiger charge is -2.06. The summed E-state index contributed by atoms with van der Waals surface area (Å²) in [5, 5.41) is 10.1. The second-order valence-electron chi connectivity index (χ2n) is 4.71. The summed E-state index contributed by atoms with van der Waals surface area (Å²) in [7, 11) is -2.95. The van der Waals surface area contributed by atoms with E-state index < -0.39 is 9.84 Å². The van der Waals surface area contributed by atoms with Crippen LogP contribution in [0.25, 0.3) is 10.9 Å². The lowest BCUT2D eigenvalue weighted by atomic mass is 10.2. The molecule has 1 heterocycles. The fraction of sp³-hybridized carbons (Fsp3) is 0.429. The molecule has 1 N–H and O–H groups in total. The number of fused-ring (bicyclic) bond motifs is 1. The SMILES string of the molecule is CCCS(=O)(=O)CCn1ccc2cc(CO)ccc21. The number of rotatable bonds is 6. The zero-order valence-electron chi connectivity index (χ0n) is 11.0. The van der Waals surface area contributed by atoms with Crippen molar-refractivity contribution in [1.82, 2.24) is 4.57 Å². The van der Waals surface area contributed by atoms with Gasteiger partial charge in [-0.05, 0) is 35.6 Å². The standard InChI is InChI=1S/C14H19NO3S/c1-2-8-19(17,18)9-7-15-6-5-13-10-12(11-16)3-4-14(13)15/h3-6,10,16H,2,7-9,11H2,1H3. The van der Waals surface area contributed by atoms with E-state index in [0.29, 0.717) is 13.0 Å². The average Bonchev–Trinajstić information content (AvgIpc) is 2.78. The quantitative estimate of drug-likeness (QED) is 0.880. The highest BCUT2D eigenvalue weighted by molar-refractivity contribution is 7.91. The van der Waals surface area contributed by atoms with Gasteiger partial charge in [0.25, 0.3) is 0 Å². The van der Waals surface area contributed by atoms with E-state index in [4.69, 9.17) is 5.11 Å². The summed E-state index contributed by atoms with van der Waals surface area (Å²) in [6, 6.07) is 7.65. The Morgan fingerprint density at radius 3 is 2.68 bits per heavy atom. The van der Waals surface area contributed by atoms with Crippen LogP contribution in [0.15, 0.2) is 30.5 Å². The molecule has 0 bridgehead atoms. The van der Waals surface area contributed by atoms with E-state index in [9.17, 15) is 8.42 Å². The highest BCUT2D eigenvalue weighted by atomic mass is 32.2. The number of aryl methyl sites for hydroxylation is 1. The van der Waals surface area contributed by atoms with Gasteiger partial charge in [0.2, 0.25) is 0 Å². The van der Waals surface area contributed by atoms with E-state index in [2.05, 4.69) is 0 Å². The molecule has 0 unspecified atom stereocenters. The number of hydrogen-bond acceptors (Lipinski definition) is 3. The minimum absolute atomic E-state index is 0.0198. The number of aliphatic hydroxyl groups excluding tert-OH is 1. The van der Waals surface area contributed by atoms with Gasteiger partial charge in [0.1, 0.15) is 0 Å². The summed E-state index contributed by atoms with van der Waals surface area (Å²) in [4.78, 5) is 0. The van der Waals surface area contributed by atoms with Crippen molar-refractivity contribution in [3.63, 3.8) is 0 Å². The van der Waals surface area contributed by atoms with Crippen LogP contribution in [0.2, 0.25) is 0 Å². The van der Waals surface area contributed by atoms with Crippen LogP contribution in [-0.4, -0.2) is 29.6 Å². The van der Waals surface area contributed by atoms with Gasteiger partial charge in [0.05, 0.1) is 12.4 Å². The van der Waals surface area contributed by atoms with Gasteiger partial charge in [-0.25, -0.2) is 8.42 Å². The van der Waals surface area contributed by atoms with Crippen LogP contribution in [0.3, 0.4) is 0 Å². The van der Waals surface area contributed by atoms with Gasteiger partial charge in [-0.1, -0.05) is 13.0 Å². The molecular formula is C14H19NO3S. The first-order valence-corrected chi connectivity index (χ1v) is 8.27. The third kappa shape index (κ3) is 3.36. The summed E-state index contributed by atoms with van der Waals surface area (Å²) >= 11 is 0. The lowest BCUT2D eigenvalue weighted by molar-refractivity contribution is 0.282. The molecule has 104 valence electrons. The first-order chi connectivity index (χ1) is 9.05. The number of benzene rings is 1. The number of sulfone groups is 1. The number of hydrogen-bond donors (Lipinski definition) is 1. The van der Waals surface area contributed by atoms with Crippen molar-refractivity contribution in [2.24, 2.45) is 0 Å². The molecule has 0 aliphatic carbocycles. The van der Waals surface area contributed by atoms with Gasteiger partial charge in [-0.3, -0.25) is 0 Å². The maximum absolute atomic E-state index is 11.7. The second kappa shape index (κ2) is 5.75. The summed E-state index contributed by atoms with van der Waals surface area (Å²) in [6.07, 6.45) is 2.56. The van der Waals surface area contributed by atoms with E-state index >= 15 is 0 Å². The molecule has 5 heteroatoms. The van der Waals surface area contributed by atoms with Gasteiger partial charge in [0, 0.05) is 24.0 Å². The average molecular weight is 281 g/mol. The summed E-state index contributed by atoms with van der Waals surface area (Å²) in [6.45, 7) is 2.37. The second-order valence-corrected chi connectivity index (χ2v) is 7.02. The highest BCUT2D eigenvalue weighted by Gasteiger charge is 2.10. The molecule has 4 nitrogen and oxygen atoms in total. The van der Waals surface area contributed by atoms with Crippen molar-refractivity contribution in [3.8, 4) is 0 Å². The van der Waals surface area contributed by atoms with E-state index in [1.807, 2.05) is 42.0 Å². The monoisotopic (exact) mass is 281 g/mol. The van der Waals surface area contributed by atoms with E-state index in [0.717, 1.165) is 16.5 Å². The van der Waals surface area contributed by atoms with Gasteiger partial charge >= 0.3 is 0 Å². The molecule has 0 saturated carbocycles. The molecule has 0 radical (unpaired) electrons. The molecule has 0 amide bonds. The fourth-order valence-corrected chi connectivity index (χ4v) is 3.49. The van der Waals surface area contributed by atoms with Crippen LogP contribution < -0.4 is 0 Å². The molecule has 2 rings (SSSR count). The summed E-state index contributed by atoms with van der Waals surface area (Å²) in [5.74, 6) is 0.424. The molecule has 2 aromatic rings. The normalized spacial score (nSPS) is 12.1. The largest absolute Gasteiger partial charge is 0.392 e. The third-order valence-corrected chi connectivity index (χ3v) is 5.01. The van der Waals surface area contributed by atoms with Crippen molar-refractivity contribution < 1.29 is 13.5 Å². The molecule has 1 aromatic carbocycles. The van der Waals surface area contributed by atoms with E-state index in [-0.39, 0.29) is 18.1 Å². The molecule has 0 aliphatic rings. The number of aliphatic hydroxyl groups is 1. The maximum Gasteiger partial charge on any atom is 0.152 e. The molecule has 0 aliphatic heterocycles. The zero-order chi connectivity index (χ0) is 13.9. The van der Waals surface area contributed by atoms with Crippen LogP contribution in [0.5, 0.6) is 0 Å². The summed E-state index contributed by atoms with van der Waals surface area (Å²) < 4.78 is 25.4. The predicted octanol–water partition coefficient (Wildman–Crippen LogP) is 1.96. The Morgan fingerprint density at radius 2 is 2.00 bits per heavy atom. The first-order valence-electron chi connectivity index (χ1n) is 6.45. The van der Waals surface area contributed by atoms with E-state index in [1.165, 1.54) is 0 Å². The molecule has 0 spiro atoms. The van der Waals surface area contributed by atoms with Crippen LogP contribution in [-0.2, 0) is 23.0 Å². The summed E-state index contributed by atoms with van der Waals surface area (Å²) in [5.41, 5.74) is 1.87. The topological polar surface area (TPSA) is 59.3 Å². The van der Waals surface area contributed by atoms with Gasteiger partial charge in [-0.15, -0.1) is 0 Å². The van der Waals surface area contributed by atoms with Gasteiger partial charge < -0.3 is 9.67 Å². The highest BCUT2D eigenvalue weighted by Crippen LogP contribution is 2.18. The van der Waals surface area contributed by atoms with Crippen molar-refractivity contribution in [2.45, 2.75) is 26.5 Å². The molecule has 19 heavy (non-hydrogen) atoms. The Labute approximate surface area is 113 Å². The van der Waals surface area contributed by atoms with Crippen molar-refractivity contribution in [2.75, 3.05) is 11.5 Å². The van der Waals surface area contributed by atoms with Gasteiger partial charge in [-0.2, -0.15) is 0 Å². The number of aromatic nitrogens is 1. The van der Waals surface area contributed by atoms with Crippen molar-refractivity contribution in [1.29, 1.82) is 0 Å². The molecule has 1 aromatic heterocycles. The van der Waals surface area contributed by atoms with E-state index in [1.54, 1.807) is 0 Å². The molecule has 0 fully saturated rings. The molecule has 0 atom stereocenters. The minimum Gasteiger partial charge on any atom is -0.392 e.